The van der Waals surface area contributed by atoms with Gasteiger partial charge in [-0.1, -0.05) is 23.7 Å². The molecule has 0 unspecified atom stereocenters. The van der Waals surface area contributed by atoms with Gasteiger partial charge in [-0.25, -0.2) is 4.98 Å². The Morgan fingerprint density at radius 2 is 1.67 bits per heavy atom. The molecule has 2 heterocycles. The zero-order valence-corrected chi connectivity index (χ0v) is 16.4. The maximum atomic E-state index is 5.85. The molecule has 0 saturated heterocycles. The SMILES string of the molecule is COc1cc(CNCc2ccncc2)ccc1OCc1ccc(Cl)nc1.[Cl-]. The zero-order valence-electron chi connectivity index (χ0n) is 14.9. The van der Waals surface area contributed by atoms with Gasteiger partial charge in [-0.3, -0.25) is 4.98 Å². The number of hydrogen-bond acceptors (Lipinski definition) is 5. The van der Waals surface area contributed by atoms with E-state index >= 15 is 0 Å². The molecular weight excluding hydrogens is 385 g/mol. The Hall–Kier alpha value is -2.34. The Morgan fingerprint density at radius 3 is 2.37 bits per heavy atom. The molecule has 0 aliphatic heterocycles. The second-order valence-corrected chi connectivity index (χ2v) is 6.11. The summed E-state index contributed by atoms with van der Waals surface area (Å²) in [6, 6.07) is 13.6. The van der Waals surface area contributed by atoms with Crippen molar-refractivity contribution in [3.63, 3.8) is 0 Å². The lowest BCUT2D eigenvalue weighted by atomic mass is 10.2. The summed E-state index contributed by atoms with van der Waals surface area (Å²) >= 11 is 5.79. The van der Waals surface area contributed by atoms with E-state index in [-0.39, 0.29) is 12.4 Å². The molecule has 0 amide bonds. The molecule has 0 fully saturated rings. The molecule has 0 atom stereocenters. The second kappa shape index (κ2) is 10.7. The first-order chi connectivity index (χ1) is 12.7. The van der Waals surface area contributed by atoms with Crippen molar-refractivity contribution in [2.24, 2.45) is 0 Å². The highest BCUT2D eigenvalue weighted by Crippen LogP contribution is 2.29. The third-order valence-electron chi connectivity index (χ3n) is 3.82. The van der Waals surface area contributed by atoms with Gasteiger partial charge in [0.05, 0.1) is 7.11 Å². The fraction of sp³-hybridized carbons (Fsp3) is 0.200. The van der Waals surface area contributed by atoms with Gasteiger partial charge >= 0.3 is 0 Å². The topological polar surface area (TPSA) is 56.3 Å². The normalized spacial score (nSPS) is 10.1. The first-order valence-corrected chi connectivity index (χ1v) is 8.62. The first-order valence-electron chi connectivity index (χ1n) is 8.24. The minimum absolute atomic E-state index is 0. The van der Waals surface area contributed by atoms with Crippen molar-refractivity contribution in [3.05, 3.63) is 82.9 Å². The maximum absolute atomic E-state index is 5.85. The van der Waals surface area contributed by atoms with Gasteiger partial charge in [0.15, 0.2) is 11.5 Å². The molecule has 0 radical (unpaired) electrons. The van der Waals surface area contributed by atoms with Crippen LogP contribution in [0.1, 0.15) is 16.7 Å². The number of hydrogen-bond donors (Lipinski definition) is 1. The number of nitrogens with zero attached hydrogens (tertiary/aromatic N) is 2. The van der Waals surface area contributed by atoms with Crippen LogP contribution in [-0.2, 0) is 19.7 Å². The molecule has 1 N–H and O–H groups in total. The smallest absolute Gasteiger partial charge is 0.161 e. The van der Waals surface area contributed by atoms with E-state index in [0.717, 1.165) is 24.2 Å². The van der Waals surface area contributed by atoms with Crippen LogP contribution in [-0.4, -0.2) is 17.1 Å². The molecule has 5 nitrogen and oxygen atoms in total. The third kappa shape index (κ3) is 6.40. The van der Waals surface area contributed by atoms with Crippen LogP contribution in [0.15, 0.2) is 61.1 Å². The van der Waals surface area contributed by atoms with Crippen LogP contribution in [0.5, 0.6) is 11.5 Å². The molecule has 2 aromatic heterocycles. The lowest BCUT2D eigenvalue weighted by Gasteiger charge is -2.13. The number of halogens is 2. The summed E-state index contributed by atoms with van der Waals surface area (Å²) in [4.78, 5) is 8.07. The summed E-state index contributed by atoms with van der Waals surface area (Å²) in [6.45, 7) is 1.92. The van der Waals surface area contributed by atoms with Crippen molar-refractivity contribution in [2.45, 2.75) is 19.7 Å². The van der Waals surface area contributed by atoms with E-state index in [1.54, 1.807) is 31.8 Å². The summed E-state index contributed by atoms with van der Waals surface area (Å²) in [5.74, 6) is 1.40. The number of nitrogens with one attached hydrogen (secondary N) is 1. The van der Waals surface area contributed by atoms with Crippen molar-refractivity contribution in [3.8, 4) is 11.5 Å². The van der Waals surface area contributed by atoms with Crippen molar-refractivity contribution < 1.29 is 21.9 Å². The van der Waals surface area contributed by atoms with Crippen LogP contribution >= 0.6 is 11.6 Å². The van der Waals surface area contributed by atoms with Gasteiger partial charge in [0, 0.05) is 37.2 Å². The van der Waals surface area contributed by atoms with Crippen LogP contribution in [0.4, 0.5) is 0 Å². The summed E-state index contributed by atoms with van der Waals surface area (Å²) in [5.41, 5.74) is 3.26. The Labute approximate surface area is 170 Å². The minimum Gasteiger partial charge on any atom is -1.00 e. The lowest BCUT2D eigenvalue weighted by Crippen LogP contribution is -3.00. The van der Waals surface area contributed by atoms with Gasteiger partial charge in [0.25, 0.3) is 0 Å². The monoisotopic (exact) mass is 404 g/mol. The number of benzene rings is 1. The molecule has 0 saturated carbocycles. The van der Waals surface area contributed by atoms with E-state index in [1.807, 2.05) is 36.4 Å². The standard InChI is InChI=1S/C20H20ClN3O2.ClH/c1-25-19-10-16(12-23-11-15-6-8-22-9-7-15)2-4-18(19)26-14-17-3-5-20(21)24-13-17;/h2-10,13,23H,11-12,14H2,1H3;1H/p-1. The summed E-state index contributed by atoms with van der Waals surface area (Å²) in [5, 5.41) is 3.87. The Balaban J connectivity index is 0.00000261. The van der Waals surface area contributed by atoms with Gasteiger partial charge in [0.2, 0.25) is 0 Å². The van der Waals surface area contributed by atoms with E-state index in [9.17, 15) is 0 Å². The molecule has 0 spiro atoms. The highest BCUT2D eigenvalue weighted by Gasteiger charge is 2.07. The molecule has 3 rings (SSSR count). The fourth-order valence-corrected chi connectivity index (χ4v) is 2.56. The molecule has 0 bridgehead atoms. The van der Waals surface area contributed by atoms with Crippen LogP contribution in [0.3, 0.4) is 0 Å². The zero-order chi connectivity index (χ0) is 18.2. The molecule has 27 heavy (non-hydrogen) atoms. The van der Waals surface area contributed by atoms with Crippen molar-refractivity contribution >= 4 is 11.6 Å². The van der Waals surface area contributed by atoms with E-state index in [1.165, 1.54) is 5.56 Å². The second-order valence-electron chi connectivity index (χ2n) is 5.72. The molecule has 0 aliphatic rings. The minimum atomic E-state index is 0. The summed E-state index contributed by atoms with van der Waals surface area (Å²) < 4.78 is 11.3. The molecule has 142 valence electrons. The predicted octanol–water partition coefficient (Wildman–Crippen LogP) is 1.01. The number of aromatic nitrogens is 2. The molecule has 0 aliphatic carbocycles. The Bertz CT molecular complexity index is 830. The molecule has 3 aromatic rings. The number of methoxy groups -OCH3 is 1. The number of pyridine rings is 2. The highest BCUT2D eigenvalue weighted by molar-refractivity contribution is 6.29. The van der Waals surface area contributed by atoms with E-state index in [0.29, 0.717) is 23.3 Å². The Morgan fingerprint density at radius 1 is 0.926 bits per heavy atom. The molecule has 7 heteroatoms. The van der Waals surface area contributed by atoms with Gasteiger partial charge in [-0.2, -0.15) is 0 Å². The molecular formula is C20H20Cl2N3O2-. The van der Waals surface area contributed by atoms with E-state index in [2.05, 4.69) is 15.3 Å². The number of rotatable bonds is 8. The maximum Gasteiger partial charge on any atom is 0.161 e. The summed E-state index contributed by atoms with van der Waals surface area (Å²) in [6.07, 6.45) is 5.29. The van der Waals surface area contributed by atoms with E-state index in [4.69, 9.17) is 21.1 Å². The summed E-state index contributed by atoms with van der Waals surface area (Å²) in [7, 11) is 1.64. The van der Waals surface area contributed by atoms with Crippen LogP contribution in [0, 0.1) is 0 Å². The largest absolute Gasteiger partial charge is 1.00 e. The van der Waals surface area contributed by atoms with Gasteiger partial charge in [0.1, 0.15) is 11.8 Å². The van der Waals surface area contributed by atoms with Crippen molar-refractivity contribution in [1.29, 1.82) is 0 Å². The average molecular weight is 405 g/mol. The predicted molar refractivity (Wildman–Crippen MR) is 101 cm³/mol. The average Bonchev–Trinajstić information content (AvgIpc) is 2.69. The van der Waals surface area contributed by atoms with Crippen LogP contribution in [0.25, 0.3) is 0 Å². The fourth-order valence-electron chi connectivity index (χ4n) is 2.45. The van der Waals surface area contributed by atoms with Crippen molar-refractivity contribution in [1.82, 2.24) is 15.3 Å². The third-order valence-corrected chi connectivity index (χ3v) is 4.04. The first kappa shape index (κ1) is 21.0. The lowest BCUT2D eigenvalue weighted by molar-refractivity contribution is -0.00000589. The van der Waals surface area contributed by atoms with E-state index < -0.39 is 0 Å². The van der Waals surface area contributed by atoms with Gasteiger partial charge in [-0.05, 0) is 41.5 Å². The van der Waals surface area contributed by atoms with Gasteiger partial charge in [-0.15, -0.1) is 0 Å². The van der Waals surface area contributed by atoms with Crippen molar-refractivity contribution in [2.75, 3.05) is 7.11 Å². The quantitative estimate of drug-likeness (QED) is 0.567. The highest BCUT2D eigenvalue weighted by atomic mass is 35.5. The number of ether oxygens (including phenoxy) is 2. The van der Waals surface area contributed by atoms with Crippen LogP contribution in [0.2, 0.25) is 5.15 Å². The Kier molecular flexibility index (Phi) is 8.33. The molecule has 1 aromatic carbocycles. The van der Waals surface area contributed by atoms with Crippen LogP contribution < -0.4 is 27.2 Å². The van der Waals surface area contributed by atoms with Gasteiger partial charge < -0.3 is 27.2 Å².